The topological polar surface area (TPSA) is 77.5 Å². The molecule has 0 saturated carbocycles. The van der Waals surface area contributed by atoms with Crippen LogP contribution in [-0.4, -0.2) is 24.2 Å². The van der Waals surface area contributed by atoms with Gasteiger partial charge in [0.25, 0.3) is 0 Å². The van der Waals surface area contributed by atoms with E-state index in [1.807, 2.05) is 30.3 Å². The predicted molar refractivity (Wildman–Crippen MR) is 99.4 cm³/mol. The second kappa shape index (κ2) is 9.33. The van der Waals surface area contributed by atoms with Gasteiger partial charge in [-0.1, -0.05) is 30.3 Å². The fourth-order valence-corrected chi connectivity index (χ4v) is 2.99. The molecule has 1 heterocycles. The molecule has 25 heavy (non-hydrogen) atoms. The zero-order chi connectivity index (χ0) is 18.2. The van der Waals surface area contributed by atoms with Crippen LogP contribution in [0.25, 0.3) is 6.08 Å². The van der Waals surface area contributed by atoms with Crippen molar-refractivity contribution in [2.75, 3.05) is 7.11 Å². The molecule has 0 aliphatic heterocycles. The highest BCUT2D eigenvalue weighted by molar-refractivity contribution is 9.11. The second-order valence-corrected chi connectivity index (χ2v) is 6.46. The number of hydrogen-bond acceptors (Lipinski definition) is 5. The number of methoxy groups -OCH3 is 1. The molecule has 0 saturated heterocycles. The molecule has 0 aliphatic rings. The van der Waals surface area contributed by atoms with Crippen molar-refractivity contribution in [1.82, 2.24) is 10.3 Å². The Balaban J connectivity index is 2.14. The molecule has 1 aromatic carbocycles. The number of benzene rings is 1. The number of nitrogens with zero attached hydrogens (tertiary/aromatic N) is 1. The van der Waals surface area contributed by atoms with Crippen LogP contribution in [0.5, 0.6) is 0 Å². The zero-order valence-electron chi connectivity index (χ0n) is 13.2. The van der Waals surface area contributed by atoms with Crippen LogP contribution in [0.3, 0.4) is 0 Å². The Labute approximate surface area is 161 Å². The van der Waals surface area contributed by atoms with Crippen molar-refractivity contribution in [2.45, 2.75) is 6.61 Å². The van der Waals surface area contributed by atoms with Crippen molar-refractivity contribution < 1.29 is 19.1 Å². The lowest BCUT2D eigenvalue weighted by molar-refractivity contribution is -0.136. The van der Waals surface area contributed by atoms with Gasteiger partial charge in [0.05, 0.1) is 7.11 Å². The number of ether oxygens (including phenoxy) is 2. The van der Waals surface area contributed by atoms with Gasteiger partial charge in [0.2, 0.25) is 0 Å². The minimum absolute atomic E-state index is 0.0619. The summed E-state index contributed by atoms with van der Waals surface area (Å²) < 4.78 is 11.1. The van der Waals surface area contributed by atoms with Crippen molar-refractivity contribution >= 4 is 50.0 Å². The monoisotopic (exact) mass is 468 g/mol. The number of nitrogens with one attached hydrogen (secondary N) is 1. The summed E-state index contributed by atoms with van der Waals surface area (Å²) in [6.45, 7) is 0.0871. The highest BCUT2D eigenvalue weighted by Gasteiger charge is 2.16. The van der Waals surface area contributed by atoms with E-state index in [9.17, 15) is 9.59 Å². The van der Waals surface area contributed by atoms with Gasteiger partial charge < -0.3 is 9.47 Å². The Bertz CT molecular complexity index is 774. The number of carbonyl (C=O) groups is 2. The van der Waals surface area contributed by atoms with E-state index in [0.717, 1.165) is 5.56 Å². The van der Waals surface area contributed by atoms with Crippen LogP contribution in [0.15, 0.2) is 57.4 Å². The van der Waals surface area contributed by atoms with E-state index in [1.165, 1.54) is 13.2 Å². The van der Waals surface area contributed by atoms with Crippen LogP contribution in [0.1, 0.15) is 11.1 Å². The van der Waals surface area contributed by atoms with E-state index in [1.54, 1.807) is 12.4 Å². The van der Waals surface area contributed by atoms with E-state index in [2.05, 4.69) is 42.2 Å². The molecule has 0 bridgehead atoms. The second-order valence-electron chi connectivity index (χ2n) is 4.75. The van der Waals surface area contributed by atoms with Crippen molar-refractivity contribution in [3.63, 3.8) is 0 Å². The zero-order valence-corrected chi connectivity index (χ0v) is 16.3. The normalized spacial score (nSPS) is 10.9. The molecule has 2 rings (SSSR count). The molecule has 130 valence electrons. The number of hydrogen-bond donors (Lipinski definition) is 1. The molecule has 2 aromatic rings. The number of esters is 1. The summed E-state index contributed by atoms with van der Waals surface area (Å²) in [5, 5.41) is 2.40. The van der Waals surface area contributed by atoms with Gasteiger partial charge in [-0.3, -0.25) is 10.3 Å². The Morgan fingerprint density at radius 3 is 2.40 bits per heavy atom. The summed E-state index contributed by atoms with van der Waals surface area (Å²) in [7, 11) is 1.23. The highest BCUT2D eigenvalue weighted by atomic mass is 79.9. The number of aromatic nitrogens is 1. The smallest absolute Gasteiger partial charge is 0.412 e. The van der Waals surface area contributed by atoms with Gasteiger partial charge in [-0.2, -0.15) is 0 Å². The third-order valence-corrected chi connectivity index (χ3v) is 4.30. The number of carbonyl (C=O) groups excluding carboxylic acids is 2. The Hall–Kier alpha value is -2.19. The van der Waals surface area contributed by atoms with Crippen molar-refractivity contribution in [2.24, 2.45) is 0 Å². The summed E-state index contributed by atoms with van der Waals surface area (Å²) in [5.41, 5.74) is 1.40. The summed E-state index contributed by atoms with van der Waals surface area (Å²) in [5.74, 6) is -0.702. The van der Waals surface area contributed by atoms with E-state index in [0.29, 0.717) is 14.5 Å². The lowest BCUT2D eigenvalue weighted by Crippen LogP contribution is -2.28. The van der Waals surface area contributed by atoms with Gasteiger partial charge in [-0.15, -0.1) is 0 Å². The Kier molecular flexibility index (Phi) is 7.15. The number of pyridine rings is 1. The third-order valence-electron chi connectivity index (χ3n) is 3.03. The molecular formula is C17H14Br2N2O4. The van der Waals surface area contributed by atoms with Crippen molar-refractivity contribution in [1.29, 1.82) is 0 Å². The molecule has 1 amide bonds. The lowest BCUT2D eigenvalue weighted by atomic mass is 10.2. The van der Waals surface area contributed by atoms with E-state index >= 15 is 0 Å². The lowest BCUT2D eigenvalue weighted by Gasteiger charge is -2.10. The number of rotatable bonds is 5. The maximum atomic E-state index is 12.0. The van der Waals surface area contributed by atoms with Gasteiger partial charge >= 0.3 is 12.1 Å². The number of amides is 1. The largest absolute Gasteiger partial charge is 0.464 e. The Morgan fingerprint density at radius 2 is 1.80 bits per heavy atom. The molecule has 0 atom stereocenters. The average molecular weight is 470 g/mol. The quantitative estimate of drug-likeness (QED) is 0.528. The molecule has 1 N–H and O–H groups in total. The fourth-order valence-electron chi connectivity index (χ4n) is 1.83. The van der Waals surface area contributed by atoms with Crippen LogP contribution < -0.4 is 5.32 Å². The highest BCUT2D eigenvalue weighted by Crippen LogP contribution is 2.26. The summed E-state index contributed by atoms with van der Waals surface area (Å²) in [6, 6.07) is 9.21. The molecule has 6 nitrogen and oxygen atoms in total. The van der Waals surface area contributed by atoms with E-state index in [4.69, 9.17) is 9.47 Å². The van der Waals surface area contributed by atoms with Gasteiger partial charge in [0.1, 0.15) is 12.3 Å². The molecule has 0 spiro atoms. The van der Waals surface area contributed by atoms with Crippen LogP contribution >= 0.6 is 31.9 Å². The standard InChI is InChI=1S/C17H14Br2N2O4/c1-24-16(22)15(7-12-13(18)8-20-9-14(12)19)21-17(23)25-10-11-5-3-2-4-6-11/h2-9H,10H2,1H3,(H,21,23)/b15-7-. The SMILES string of the molecule is COC(=O)/C(=C/c1c(Br)cncc1Br)NC(=O)OCc1ccccc1. The van der Waals surface area contributed by atoms with Gasteiger partial charge in [-0.05, 0) is 43.5 Å². The van der Waals surface area contributed by atoms with E-state index in [-0.39, 0.29) is 12.3 Å². The van der Waals surface area contributed by atoms with Gasteiger partial charge in [0.15, 0.2) is 0 Å². The molecule has 8 heteroatoms. The molecule has 1 aromatic heterocycles. The van der Waals surface area contributed by atoms with Gasteiger partial charge in [-0.25, -0.2) is 9.59 Å². The first-order valence-electron chi connectivity index (χ1n) is 7.08. The first kappa shape index (κ1) is 19.1. The van der Waals surface area contributed by atoms with Crippen molar-refractivity contribution in [3.05, 3.63) is 68.5 Å². The maximum Gasteiger partial charge on any atom is 0.412 e. The van der Waals surface area contributed by atoms with Crippen molar-refractivity contribution in [3.8, 4) is 0 Å². The molecule has 0 aliphatic carbocycles. The van der Waals surface area contributed by atoms with Crippen LogP contribution in [0.4, 0.5) is 4.79 Å². The summed E-state index contributed by atoms with van der Waals surface area (Å²) in [6.07, 6.45) is 3.84. The average Bonchev–Trinajstić information content (AvgIpc) is 2.62. The number of halogens is 2. The van der Waals surface area contributed by atoms with Gasteiger partial charge in [0, 0.05) is 26.9 Å². The fraction of sp³-hybridized carbons (Fsp3) is 0.118. The minimum atomic E-state index is -0.762. The molecule has 0 fully saturated rings. The first-order chi connectivity index (χ1) is 12.0. The summed E-state index contributed by atoms with van der Waals surface area (Å²) in [4.78, 5) is 27.9. The Morgan fingerprint density at radius 1 is 1.16 bits per heavy atom. The minimum Gasteiger partial charge on any atom is -0.464 e. The van der Waals surface area contributed by atoms with Crippen LogP contribution in [0, 0.1) is 0 Å². The van der Waals surface area contributed by atoms with Crippen LogP contribution in [0.2, 0.25) is 0 Å². The third kappa shape index (κ3) is 5.68. The molecular weight excluding hydrogens is 456 g/mol. The summed E-state index contributed by atoms with van der Waals surface area (Å²) >= 11 is 6.68. The first-order valence-corrected chi connectivity index (χ1v) is 8.66. The number of alkyl carbamates (subject to hydrolysis) is 1. The van der Waals surface area contributed by atoms with Crippen LogP contribution in [-0.2, 0) is 20.9 Å². The van der Waals surface area contributed by atoms with E-state index < -0.39 is 12.1 Å². The molecule has 0 unspecified atom stereocenters. The predicted octanol–water partition coefficient (Wildman–Crippen LogP) is 4.05. The molecule has 0 radical (unpaired) electrons. The maximum absolute atomic E-state index is 12.0.